The van der Waals surface area contributed by atoms with Crippen molar-refractivity contribution in [2.24, 2.45) is 0 Å². The first kappa shape index (κ1) is 17.4. The maximum atomic E-state index is 13.8. The molecule has 0 spiro atoms. The minimum Gasteiger partial charge on any atom is -0.375 e. The van der Waals surface area contributed by atoms with Gasteiger partial charge in [-0.3, -0.25) is 9.69 Å². The number of carbonyl (C=O) groups excluding carboxylic acids is 1. The van der Waals surface area contributed by atoms with Crippen LogP contribution in [0.15, 0.2) is 24.3 Å². The third kappa shape index (κ3) is 4.33. The lowest BCUT2D eigenvalue weighted by molar-refractivity contribution is -0.136. The first-order valence-electron chi connectivity index (χ1n) is 8.93. The number of benzene rings is 1. The van der Waals surface area contributed by atoms with E-state index < -0.39 is 0 Å². The number of ether oxygens (including phenoxy) is 1. The molecule has 2 fully saturated rings. The van der Waals surface area contributed by atoms with Gasteiger partial charge in [0.25, 0.3) is 0 Å². The van der Waals surface area contributed by atoms with Crippen molar-refractivity contribution in [3.63, 3.8) is 0 Å². The fourth-order valence-electron chi connectivity index (χ4n) is 3.65. The van der Waals surface area contributed by atoms with Gasteiger partial charge in [0.05, 0.1) is 12.0 Å². The highest BCUT2D eigenvalue weighted by Gasteiger charge is 2.34. The molecule has 1 aromatic carbocycles. The summed E-state index contributed by atoms with van der Waals surface area (Å²) in [6.45, 7) is 6.59. The number of amides is 1. The summed E-state index contributed by atoms with van der Waals surface area (Å²) < 4.78 is 19.6. The molecule has 1 amide bonds. The second-order valence-corrected chi connectivity index (χ2v) is 7.18. The van der Waals surface area contributed by atoms with E-state index in [2.05, 4.69) is 4.90 Å². The molecule has 132 valence electrons. The topological polar surface area (TPSA) is 32.8 Å². The van der Waals surface area contributed by atoms with Crippen LogP contribution in [-0.2, 0) is 16.1 Å². The summed E-state index contributed by atoms with van der Waals surface area (Å²) in [6.07, 6.45) is 3.41. The molecule has 3 rings (SSSR count). The summed E-state index contributed by atoms with van der Waals surface area (Å²) >= 11 is 0. The Morgan fingerprint density at radius 2 is 2.04 bits per heavy atom. The normalized spacial score (nSPS) is 25.7. The minimum atomic E-state index is -0.282. The van der Waals surface area contributed by atoms with E-state index in [1.807, 2.05) is 24.0 Å². The maximum Gasteiger partial charge on any atom is 0.225 e. The molecule has 2 aliphatic rings. The standard InChI is InChI=1S/C19H27FN2O2/c1-19(8-4-13-24-19)14-18(23)22-10-5-9-21(11-12-22)15-16-6-2-3-7-17(16)20/h2-3,6-7H,4-5,8-15H2,1H3. The molecule has 0 bridgehead atoms. The van der Waals surface area contributed by atoms with E-state index in [0.29, 0.717) is 19.5 Å². The van der Waals surface area contributed by atoms with Gasteiger partial charge in [-0.25, -0.2) is 4.39 Å². The van der Waals surface area contributed by atoms with Crippen LogP contribution in [0.4, 0.5) is 4.39 Å². The molecule has 0 N–H and O–H groups in total. The van der Waals surface area contributed by atoms with Crippen LogP contribution in [-0.4, -0.2) is 54.1 Å². The Morgan fingerprint density at radius 3 is 2.79 bits per heavy atom. The average molecular weight is 334 g/mol. The highest BCUT2D eigenvalue weighted by Crippen LogP contribution is 2.29. The third-order valence-electron chi connectivity index (χ3n) is 5.12. The molecule has 2 heterocycles. The maximum absolute atomic E-state index is 13.8. The number of nitrogens with zero attached hydrogens (tertiary/aromatic N) is 2. The summed E-state index contributed by atoms with van der Waals surface area (Å²) in [5.74, 6) is 0.0353. The number of hydrogen-bond acceptors (Lipinski definition) is 3. The van der Waals surface area contributed by atoms with E-state index in [0.717, 1.165) is 51.1 Å². The average Bonchev–Trinajstić information content (AvgIpc) is 2.84. The molecule has 24 heavy (non-hydrogen) atoms. The molecule has 0 radical (unpaired) electrons. The van der Waals surface area contributed by atoms with Gasteiger partial charge >= 0.3 is 0 Å². The van der Waals surface area contributed by atoms with Crippen molar-refractivity contribution in [2.75, 3.05) is 32.8 Å². The lowest BCUT2D eigenvalue weighted by Gasteiger charge is -2.27. The summed E-state index contributed by atoms with van der Waals surface area (Å²) in [7, 11) is 0. The van der Waals surface area contributed by atoms with E-state index >= 15 is 0 Å². The van der Waals surface area contributed by atoms with Gasteiger partial charge in [-0.05, 0) is 32.3 Å². The molecule has 2 aliphatic heterocycles. The van der Waals surface area contributed by atoms with Gasteiger partial charge < -0.3 is 9.64 Å². The Balaban J connectivity index is 1.53. The van der Waals surface area contributed by atoms with Crippen molar-refractivity contribution in [1.82, 2.24) is 9.80 Å². The number of rotatable bonds is 4. The van der Waals surface area contributed by atoms with E-state index in [4.69, 9.17) is 4.74 Å². The fourth-order valence-corrected chi connectivity index (χ4v) is 3.65. The Bertz CT molecular complexity index is 572. The minimum absolute atomic E-state index is 0.152. The highest BCUT2D eigenvalue weighted by atomic mass is 19.1. The van der Waals surface area contributed by atoms with Crippen LogP contribution >= 0.6 is 0 Å². The molecule has 1 aromatic rings. The Kier molecular flexibility index (Phi) is 5.51. The van der Waals surface area contributed by atoms with Crippen molar-refractivity contribution in [3.8, 4) is 0 Å². The van der Waals surface area contributed by atoms with Crippen molar-refractivity contribution in [1.29, 1.82) is 0 Å². The van der Waals surface area contributed by atoms with Gasteiger partial charge in [-0.1, -0.05) is 18.2 Å². The Labute approximate surface area is 143 Å². The molecule has 1 atom stereocenters. The molecule has 0 aromatic heterocycles. The van der Waals surface area contributed by atoms with Crippen molar-refractivity contribution < 1.29 is 13.9 Å². The van der Waals surface area contributed by atoms with Crippen LogP contribution < -0.4 is 0 Å². The molecular formula is C19H27FN2O2. The molecule has 4 nitrogen and oxygen atoms in total. The zero-order valence-electron chi connectivity index (χ0n) is 14.5. The van der Waals surface area contributed by atoms with Gasteiger partial charge in [-0.2, -0.15) is 0 Å². The van der Waals surface area contributed by atoms with E-state index in [-0.39, 0.29) is 17.3 Å². The SMILES string of the molecule is CC1(CC(=O)N2CCCN(Cc3ccccc3F)CC2)CCCO1. The van der Waals surface area contributed by atoms with Gasteiger partial charge in [0.2, 0.25) is 5.91 Å². The second-order valence-electron chi connectivity index (χ2n) is 7.18. The van der Waals surface area contributed by atoms with Crippen LogP contribution in [0, 0.1) is 5.82 Å². The first-order valence-corrected chi connectivity index (χ1v) is 8.93. The van der Waals surface area contributed by atoms with Crippen molar-refractivity contribution >= 4 is 5.91 Å². The number of halogens is 1. The summed E-state index contributed by atoms with van der Waals surface area (Å²) in [5, 5.41) is 0. The molecule has 0 aliphatic carbocycles. The molecular weight excluding hydrogens is 307 g/mol. The zero-order chi connectivity index (χ0) is 17.0. The van der Waals surface area contributed by atoms with Crippen LogP contribution in [0.1, 0.15) is 38.2 Å². The van der Waals surface area contributed by atoms with Crippen LogP contribution in [0.25, 0.3) is 0 Å². The molecule has 5 heteroatoms. The number of hydrogen-bond donors (Lipinski definition) is 0. The van der Waals surface area contributed by atoms with E-state index in [1.165, 1.54) is 6.07 Å². The van der Waals surface area contributed by atoms with E-state index in [9.17, 15) is 9.18 Å². The zero-order valence-corrected chi connectivity index (χ0v) is 14.5. The third-order valence-corrected chi connectivity index (χ3v) is 5.12. The molecule has 1 unspecified atom stereocenters. The van der Waals surface area contributed by atoms with Gasteiger partial charge in [0, 0.05) is 44.9 Å². The smallest absolute Gasteiger partial charge is 0.225 e. The van der Waals surface area contributed by atoms with Gasteiger partial charge in [0.1, 0.15) is 5.82 Å². The summed E-state index contributed by atoms with van der Waals surface area (Å²) in [6, 6.07) is 6.92. The summed E-state index contributed by atoms with van der Waals surface area (Å²) in [5.41, 5.74) is 0.445. The van der Waals surface area contributed by atoms with Crippen LogP contribution in [0.5, 0.6) is 0 Å². The van der Waals surface area contributed by atoms with Crippen molar-refractivity contribution in [2.45, 2.75) is 44.8 Å². The lowest BCUT2D eigenvalue weighted by atomic mass is 9.98. The van der Waals surface area contributed by atoms with Crippen LogP contribution in [0.2, 0.25) is 0 Å². The lowest BCUT2D eigenvalue weighted by Crippen LogP contribution is -2.39. The monoisotopic (exact) mass is 334 g/mol. The van der Waals surface area contributed by atoms with Gasteiger partial charge in [-0.15, -0.1) is 0 Å². The molecule has 2 saturated heterocycles. The number of carbonyl (C=O) groups is 1. The Hall–Kier alpha value is -1.46. The highest BCUT2D eigenvalue weighted by molar-refractivity contribution is 5.77. The van der Waals surface area contributed by atoms with Gasteiger partial charge in [0.15, 0.2) is 0 Å². The quantitative estimate of drug-likeness (QED) is 0.849. The van der Waals surface area contributed by atoms with Crippen LogP contribution in [0.3, 0.4) is 0 Å². The second kappa shape index (κ2) is 7.62. The fraction of sp³-hybridized carbons (Fsp3) is 0.632. The predicted octanol–water partition coefficient (Wildman–Crippen LogP) is 2.82. The molecule has 0 saturated carbocycles. The summed E-state index contributed by atoms with van der Waals surface area (Å²) in [4.78, 5) is 16.8. The van der Waals surface area contributed by atoms with Crippen molar-refractivity contribution in [3.05, 3.63) is 35.6 Å². The first-order chi connectivity index (χ1) is 11.6. The predicted molar refractivity (Wildman–Crippen MR) is 91.1 cm³/mol. The Morgan fingerprint density at radius 1 is 1.21 bits per heavy atom. The largest absolute Gasteiger partial charge is 0.375 e. The van der Waals surface area contributed by atoms with E-state index in [1.54, 1.807) is 6.07 Å².